The van der Waals surface area contributed by atoms with Crippen LogP contribution in [0.2, 0.25) is 0 Å². The van der Waals surface area contributed by atoms with Gasteiger partial charge in [0, 0.05) is 18.3 Å². The Kier molecular flexibility index (Phi) is 3.10. The number of hydrogen-bond donors (Lipinski definition) is 0. The Morgan fingerprint density at radius 1 is 1.10 bits per heavy atom. The first-order valence-electron chi connectivity index (χ1n) is 5.65. The number of benzene rings is 1. The van der Waals surface area contributed by atoms with Gasteiger partial charge in [0.2, 0.25) is 0 Å². The zero-order chi connectivity index (χ0) is 14.3. The quantitative estimate of drug-likeness (QED) is 0.535. The van der Waals surface area contributed by atoms with E-state index in [1.807, 2.05) is 0 Å². The lowest BCUT2D eigenvalue weighted by molar-refractivity contribution is 0.493. The summed E-state index contributed by atoms with van der Waals surface area (Å²) in [5.41, 5.74) is 0.640. The number of alkyl halides is 1. The Morgan fingerprint density at radius 2 is 1.85 bits per heavy atom. The molecule has 3 rings (SSSR count). The topological polar surface area (TPSA) is 30.7 Å². The van der Waals surface area contributed by atoms with Crippen molar-refractivity contribution in [2.24, 2.45) is 0 Å². The third-order valence-corrected chi connectivity index (χ3v) is 3.07. The highest BCUT2D eigenvalue weighted by molar-refractivity contribution is 6.16. The fourth-order valence-electron chi connectivity index (χ4n) is 1.99. The van der Waals surface area contributed by atoms with Gasteiger partial charge in [-0.05, 0) is 12.1 Å². The molecule has 0 bridgehead atoms. The number of nitrogens with zero attached hydrogens (tertiary/aromatic N) is 3. The van der Waals surface area contributed by atoms with Crippen molar-refractivity contribution in [1.29, 1.82) is 0 Å². The standard InChI is InChI=1S/C13H7ClF3N3/c14-6-12-19-10-2-1-3-18-13(10)20(12)11-5-8(16)7(15)4-9(11)17/h1-5H,6H2. The summed E-state index contributed by atoms with van der Waals surface area (Å²) in [6.45, 7) is 0. The SMILES string of the molecule is Fc1cc(F)c(-n2c(CCl)nc3cccnc32)cc1F. The van der Waals surface area contributed by atoms with Gasteiger partial charge in [0.05, 0.1) is 11.6 Å². The Morgan fingerprint density at radius 3 is 2.60 bits per heavy atom. The lowest BCUT2D eigenvalue weighted by Crippen LogP contribution is -2.04. The first-order valence-corrected chi connectivity index (χ1v) is 6.18. The predicted molar refractivity (Wildman–Crippen MR) is 68.3 cm³/mol. The van der Waals surface area contributed by atoms with E-state index in [-0.39, 0.29) is 11.6 Å². The van der Waals surface area contributed by atoms with E-state index in [1.54, 1.807) is 12.1 Å². The molecular formula is C13H7ClF3N3. The van der Waals surface area contributed by atoms with Crippen molar-refractivity contribution in [3.05, 3.63) is 53.7 Å². The monoisotopic (exact) mass is 297 g/mol. The third kappa shape index (κ3) is 1.92. The lowest BCUT2D eigenvalue weighted by Gasteiger charge is -2.08. The summed E-state index contributed by atoms with van der Waals surface area (Å²) < 4.78 is 41.6. The molecule has 7 heteroatoms. The van der Waals surface area contributed by atoms with Crippen molar-refractivity contribution in [3.63, 3.8) is 0 Å². The summed E-state index contributed by atoms with van der Waals surface area (Å²) in [6.07, 6.45) is 1.50. The number of imidazole rings is 1. The molecule has 2 aromatic heterocycles. The maximum Gasteiger partial charge on any atom is 0.164 e. The molecule has 0 atom stereocenters. The van der Waals surface area contributed by atoms with E-state index in [1.165, 1.54) is 10.8 Å². The second-order valence-corrected chi connectivity index (χ2v) is 4.33. The second kappa shape index (κ2) is 4.79. The molecule has 0 aliphatic rings. The highest BCUT2D eigenvalue weighted by atomic mass is 35.5. The average molecular weight is 298 g/mol. The number of pyridine rings is 1. The molecule has 2 heterocycles. The molecule has 1 aromatic carbocycles. The lowest BCUT2D eigenvalue weighted by atomic mass is 10.2. The van der Waals surface area contributed by atoms with Gasteiger partial charge in [0.1, 0.15) is 17.2 Å². The molecule has 0 aliphatic heterocycles. The molecule has 0 radical (unpaired) electrons. The number of fused-ring (bicyclic) bond motifs is 1. The fraction of sp³-hybridized carbons (Fsp3) is 0.0769. The number of aromatic nitrogens is 3. The van der Waals surface area contributed by atoms with Crippen LogP contribution in [-0.4, -0.2) is 14.5 Å². The molecule has 0 spiro atoms. The Hall–Kier alpha value is -2.08. The van der Waals surface area contributed by atoms with Crippen LogP contribution in [0.1, 0.15) is 5.82 Å². The summed E-state index contributed by atoms with van der Waals surface area (Å²) in [7, 11) is 0. The molecule has 20 heavy (non-hydrogen) atoms. The van der Waals surface area contributed by atoms with E-state index >= 15 is 0 Å². The molecule has 3 aromatic rings. The summed E-state index contributed by atoms with van der Waals surface area (Å²) >= 11 is 5.78. The Labute approximate surface area is 116 Å². The second-order valence-electron chi connectivity index (χ2n) is 4.06. The van der Waals surface area contributed by atoms with Crippen LogP contribution in [0.3, 0.4) is 0 Å². The summed E-state index contributed by atoms with van der Waals surface area (Å²) in [4.78, 5) is 8.26. The molecule has 102 valence electrons. The molecule has 3 nitrogen and oxygen atoms in total. The number of hydrogen-bond acceptors (Lipinski definition) is 2. The molecule has 0 amide bonds. The largest absolute Gasteiger partial charge is 0.277 e. The minimum absolute atomic E-state index is 0.0191. The Balaban J connectivity index is 2.36. The maximum atomic E-state index is 13.9. The van der Waals surface area contributed by atoms with Crippen molar-refractivity contribution >= 4 is 22.8 Å². The highest BCUT2D eigenvalue weighted by Crippen LogP contribution is 2.24. The first-order chi connectivity index (χ1) is 9.61. The molecule has 0 saturated carbocycles. The van der Waals surface area contributed by atoms with Gasteiger partial charge >= 0.3 is 0 Å². The van der Waals surface area contributed by atoms with Crippen molar-refractivity contribution in [2.75, 3.05) is 0 Å². The van der Waals surface area contributed by atoms with E-state index in [4.69, 9.17) is 11.6 Å². The zero-order valence-corrected chi connectivity index (χ0v) is 10.7. The van der Waals surface area contributed by atoms with Crippen LogP contribution < -0.4 is 0 Å². The van der Waals surface area contributed by atoms with Gasteiger partial charge in [0.25, 0.3) is 0 Å². The van der Waals surface area contributed by atoms with Gasteiger partial charge in [0.15, 0.2) is 17.3 Å². The molecule has 0 saturated heterocycles. The third-order valence-electron chi connectivity index (χ3n) is 2.84. The van der Waals surface area contributed by atoms with Crippen LogP contribution in [0.5, 0.6) is 0 Å². The normalized spacial score (nSPS) is 11.2. The highest BCUT2D eigenvalue weighted by Gasteiger charge is 2.18. The van der Waals surface area contributed by atoms with Gasteiger partial charge in [-0.2, -0.15) is 0 Å². The van der Waals surface area contributed by atoms with Crippen LogP contribution in [0.25, 0.3) is 16.9 Å². The summed E-state index contributed by atoms with van der Waals surface area (Å²) in [5, 5.41) is 0. The molecule has 0 unspecified atom stereocenters. The van der Waals surface area contributed by atoms with Crippen molar-refractivity contribution in [2.45, 2.75) is 5.88 Å². The maximum absolute atomic E-state index is 13.9. The Bertz CT molecular complexity index is 801. The fourth-order valence-corrected chi connectivity index (χ4v) is 2.16. The smallest absolute Gasteiger partial charge is 0.164 e. The van der Waals surface area contributed by atoms with Gasteiger partial charge < -0.3 is 0 Å². The van der Waals surface area contributed by atoms with Crippen LogP contribution in [0.15, 0.2) is 30.5 Å². The number of rotatable bonds is 2. The molecule has 0 aliphatic carbocycles. The van der Waals surface area contributed by atoms with E-state index < -0.39 is 17.5 Å². The van der Waals surface area contributed by atoms with Crippen LogP contribution in [-0.2, 0) is 5.88 Å². The van der Waals surface area contributed by atoms with E-state index in [0.717, 1.165) is 6.07 Å². The van der Waals surface area contributed by atoms with Crippen molar-refractivity contribution in [3.8, 4) is 5.69 Å². The average Bonchev–Trinajstić information content (AvgIpc) is 2.81. The van der Waals surface area contributed by atoms with Crippen molar-refractivity contribution in [1.82, 2.24) is 14.5 Å². The van der Waals surface area contributed by atoms with Crippen molar-refractivity contribution < 1.29 is 13.2 Å². The van der Waals surface area contributed by atoms with Crippen LogP contribution >= 0.6 is 11.6 Å². The van der Waals surface area contributed by atoms with Gasteiger partial charge in [-0.1, -0.05) is 0 Å². The zero-order valence-electron chi connectivity index (χ0n) is 9.95. The van der Waals surface area contributed by atoms with E-state index in [9.17, 15) is 13.2 Å². The summed E-state index contributed by atoms with van der Waals surface area (Å²) in [5.74, 6) is -3.05. The van der Waals surface area contributed by atoms with Gasteiger partial charge in [-0.15, -0.1) is 11.6 Å². The number of halogens is 4. The summed E-state index contributed by atoms with van der Waals surface area (Å²) in [6, 6.07) is 4.58. The first kappa shape index (κ1) is 12.9. The van der Waals surface area contributed by atoms with Crippen LogP contribution in [0.4, 0.5) is 13.2 Å². The van der Waals surface area contributed by atoms with Gasteiger partial charge in [-0.3, -0.25) is 4.57 Å². The minimum Gasteiger partial charge on any atom is -0.277 e. The minimum atomic E-state index is -1.25. The molecule has 0 fully saturated rings. The van der Waals surface area contributed by atoms with E-state index in [2.05, 4.69) is 9.97 Å². The predicted octanol–water partition coefficient (Wildman–Crippen LogP) is 3.58. The molecule has 0 N–H and O–H groups in total. The molecular weight excluding hydrogens is 291 g/mol. The van der Waals surface area contributed by atoms with Gasteiger partial charge in [-0.25, -0.2) is 23.1 Å². The van der Waals surface area contributed by atoms with Crippen LogP contribution in [0, 0.1) is 17.5 Å². The van der Waals surface area contributed by atoms with E-state index in [0.29, 0.717) is 23.1 Å².